The number of rotatable bonds is 2. The largest absolute Gasteiger partial charge is 0.393 e. The number of fused-ring (bicyclic) bond motifs is 7. The highest BCUT2D eigenvalue weighted by atomic mass is 19.1. The van der Waals surface area contributed by atoms with Gasteiger partial charge in [-0.1, -0.05) is 25.5 Å². The average Bonchev–Trinajstić information content (AvgIpc) is 3.07. The van der Waals surface area contributed by atoms with Crippen LogP contribution in [0.25, 0.3) is 0 Å². The van der Waals surface area contributed by atoms with Crippen LogP contribution in [0.4, 0.5) is 4.39 Å². The fraction of sp³-hybridized carbons (Fsp3) is 0.750. The fourth-order valence-corrected chi connectivity index (χ4v) is 8.02. The first kappa shape index (κ1) is 20.5. The van der Waals surface area contributed by atoms with E-state index in [-0.39, 0.29) is 29.0 Å². The number of carbonyl (C=O) groups excluding carboxylic acids is 2. The SMILES string of the molecule is CC1(C)O[C@@H]2C[C@H]3[C@@H]4CCC5=CC(=O)C=C[C@]5(C)[C@H]4[C@@H](O)C[C@]3(C)[C@]2(C(=O)CF)O1. The quantitative estimate of drug-likeness (QED) is 0.745. The maximum Gasteiger partial charge on any atom is 0.198 e. The van der Waals surface area contributed by atoms with Crippen LogP contribution in [-0.2, 0) is 19.1 Å². The molecule has 5 rings (SSSR count). The Bertz CT molecular complexity index is 877. The summed E-state index contributed by atoms with van der Waals surface area (Å²) in [7, 11) is 0. The molecule has 5 aliphatic rings. The van der Waals surface area contributed by atoms with Crippen molar-refractivity contribution < 1.29 is 28.6 Å². The number of hydrogen-bond donors (Lipinski definition) is 1. The first-order valence-electron chi connectivity index (χ1n) is 11.1. The number of aliphatic hydroxyl groups excluding tert-OH is 1. The minimum Gasteiger partial charge on any atom is -0.393 e. The molecule has 3 saturated carbocycles. The Balaban J connectivity index is 1.59. The maximum absolute atomic E-state index is 13.8. The molecule has 1 N–H and O–H groups in total. The van der Waals surface area contributed by atoms with Gasteiger partial charge in [0.2, 0.25) is 0 Å². The first-order valence-corrected chi connectivity index (χ1v) is 11.1. The van der Waals surface area contributed by atoms with E-state index in [1.54, 1.807) is 26.0 Å². The summed E-state index contributed by atoms with van der Waals surface area (Å²) in [5.74, 6) is -1.37. The number of carbonyl (C=O) groups is 2. The molecule has 0 amide bonds. The molecule has 4 fully saturated rings. The van der Waals surface area contributed by atoms with Crippen molar-refractivity contribution in [1.82, 2.24) is 0 Å². The molecule has 1 aliphatic heterocycles. The molecule has 6 heteroatoms. The van der Waals surface area contributed by atoms with Gasteiger partial charge >= 0.3 is 0 Å². The Morgan fingerprint density at radius 3 is 2.73 bits per heavy atom. The lowest BCUT2D eigenvalue weighted by Crippen LogP contribution is -2.63. The second-order valence-electron chi connectivity index (χ2n) is 10.8. The lowest BCUT2D eigenvalue weighted by Gasteiger charge is -2.59. The molecule has 0 radical (unpaired) electrons. The number of ether oxygens (including phenoxy) is 2. The van der Waals surface area contributed by atoms with Crippen LogP contribution in [0, 0.1) is 28.6 Å². The number of aliphatic hydroxyl groups is 1. The van der Waals surface area contributed by atoms with Gasteiger partial charge in [0.1, 0.15) is 0 Å². The molecule has 4 aliphatic carbocycles. The minimum absolute atomic E-state index is 0.00277. The monoisotopic (exact) mass is 418 g/mol. The van der Waals surface area contributed by atoms with Crippen LogP contribution in [0.2, 0.25) is 0 Å². The smallest absolute Gasteiger partial charge is 0.198 e. The van der Waals surface area contributed by atoms with Crippen molar-refractivity contribution in [2.24, 2.45) is 28.6 Å². The molecule has 0 spiro atoms. The number of alkyl halides is 1. The first-order chi connectivity index (χ1) is 14.0. The molecule has 0 bridgehead atoms. The highest BCUT2D eigenvalue weighted by Crippen LogP contribution is 2.70. The van der Waals surface area contributed by atoms with Crippen LogP contribution >= 0.6 is 0 Å². The zero-order valence-corrected chi connectivity index (χ0v) is 18.1. The Morgan fingerprint density at radius 2 is 2.03 bits per heavy atom. The summed E-state index contributed by atoms with van der Waals surface area (Å²) < 4.78 is 26.2. The van der Waals surface area contributed by atoms with Crippen molar-refractivity contribution in [3.63, 3.8) is 0 Å². The van der Waals surface area contributed by atoms with Crippen molar-refractivity contribution in [3.8, 4) is 0 Å². The Labute approximate surface area is 176 Å². The summed E-state index contributed by atoms with van der Waals surface area (Å²) in [4.78, 5) is 25.0. The molecule has 0 aromatic heterocycles. The lowest BCUT2D eigenvalue weighted by molar-refractivity contribution is -0.224. The molecule has 1 saturated heterocycles. The zero-order valence-electron chi connectivity index (χ0n) is 18.1. The van der Waals surface area contributed by atoms with E-state index in [1.807, 2.05) is 13.0 Å². The Hall–Kier alpha value is -1.37. The normalized spacial score (nSPS) is 50.9. The van der Waals surface area contributed by atoms with Crippen molar-refractivity contribution in [3.05, 3.63) is 23.8 Å². The van der Waals surface area contributed by atoms with E-state index in [9.17, 15) is 19.1 Å². The molecule has 30 heavy (non-hydrogen) atoms. The van der Waals surface area contributed by atoms with Gasteiger partial charge in [-0.2, -0.15) is 0 Å². The number of allylic oxidation sites excluding steroid dienone is 4. The molecule has 0 aromatic rings. The van der Waals surface area contributed by atoms with Crippen LogP contribution in [0.1, 0.15) is 53.4 Å². The number of ketones is 2. The van der Waals surface area contributed by atoms with Gasteiger partial charge in [0.05, 0.1) is 12.2 Å². The fourth-order valence-electron chi connectivity index (χ4n) is 8.02. The van der Waals surface area contributed by atoms with Gasteiger partial charge < -0.3 is 14.6 Å². The van der Waals surface area contributed by atoms with Gasteiger partial charge in [-0.15, -0.1) is 0 Å². The summed E-state index contributed by atoms with van der Waals surface area (Å²) in [6.45, 7) is 6.53. The number of hydrogen-bond acceptors (Lipinski definition) is 5. The van der Waals surface area contributed by atoms with Gasteiger partial charge in [-0.05, 0) is 63.5 Å². The molecule has 8 atom stereocenters. The van der Waals surface area contributed by atoms with Crippen LogP contribution < -0.4 is 0 Å². The van der Waals surface area contributed by atoms with E-state index in [4.69, 9.17) is 9.47 Å². The van der Waals surface area contributed by atoms with Crippen molar-refractivity contribution in [1.29, 1.82) is 0 Å². The second kappa shape index (κ2) is 6.11. The van der Waals surface area contributed by atoms with E-state index in [0.29, 0.717) is 12.8 Å². The standard InChI is InChI=1S/C24H31FO5/c1-21(2)29-19-10-16-15-6-5-13-9-14(26)7-8-22(13,3)20(15)17(27)11-23(16,4)24(19,30-21)18(28)12-25/h7-9,15-17,19-20,27H,5-6,10-12H2,1-4H3/t15-,16-,17-,19+,20+,22-,23-,24+/m0/s1. The van der Waals surface area contributed by atoms with Gasteiger partial charge in [0.15, 0.2) is 29.6 Å². The minimum atomic E-state index is -1.36. The molecular weight excluding hydrogens is 387 g/mol. The van der Waals surface area contributed by atoms with Crippen LogP contribution in [0.3, 0.4) is 0 Å². The summed E-state index contributed by atoms with van der Waals surface area (Å²) in [6, 6.07) is 0. The number of halogens is 1. The average molecular weight is 419 g/mol. The van der Waals surface area contributed by atoms with E-state index < -0.39 is 41.5 Å². The van der Waals surface area contributed by atoms with E-state index in [0.717, 1.165) is 18.4 Å². The Kier molecular flexibility index (Phi) is 4.18. The van der Waals surface area contributed by atoms with E-state index in [2.05, 4.69) is 6.92 Å². The maximum atomic E-state index is 13.8. The molecule has 1 heterocycles. The highest BCUT2D eigenvalue weighted by molar-refractivity contribution is 6.01. The van der Waals surface area contributed by atoms with Gasteiger partial charge in [0, 0.05) is 16.7 Å². The zero-order chi connectivity index (χ0) is 21.7. The van der Waals surface area contributed by atoms with Gasteiger partial charge in [-0.25, -0.2) is 4.39 Å². The van der Waals surface area contributed by atoms with Crippen LogP contribution in [-0.4, -0.2) is 46.9 Å². The van der Waals surface area contributed by atoms with Crippen LogP contribution in [0.5, 0.6) is 0 Å². The van der Waals surface area contributed by atoms with E-state index in [1.165, 1.54) is 0 Å². The predicted octanol–water partition coefficient (Wildman–Crippen LogP) is 3.30. The summed E-state index contributed by atoms with van der Waals surface area (Å²) in [5.41, 5.74) is -1.37. The summed E-state index contributed by atoms with van der Waals surface area (Å²) >= 11 is 0. The third-order valence-electron chi connectivity index (χ3n) is 9.02. The van der Waals surface area contributed by atoms with Gasteiger partial charge in [-0.3, -0.25) is 9.59 Å². The highest BCUT2D eigenvalue weighted by Gasteiger charge is 2.76. The van der Waals surface area contributed by atoms with Crippen LogP contribution in [0.15, 0.2) is 23.8 Å². The molecule has 5 nitrogen and oxygen atoms in total. The van der Waals surface area contributed by atoms with Crippen molar-refractivity contribution in [2.75, 3.05) is 6.67 Å². The summed E-state index contributed by atoms with van der Waals surface area (Å²) in [5, 5.41) is 11.5. The van der Waals surface area contributed by atoms with Crippen molar-refractivity contribution >= 4 is 11.6 Å². The summed E-state index contributed by atoms with van der Waals surface area (Å²) in [6.07, 6.45) is 6.70. The van der Waals surface area contributed by atoms with Gasteiger partial charge in [0.25, 0.3) is 0 Å². The molecule has 164 valence electrons. The number of Topliss-reactive ketones (excluding diaryl/α,β-unsaturated/α-hetero) is 1. The third kappa shape index (κ3) is 2.33. The Morgan fingerprint density at radius 1 is 1.30 bits per heavy atom. The third-order valence-corrected chi connectivity index (χ3v) is 9.02. The molecular formula is C24H31FO5. The van der Waals surface area contributed by atoms with Crippen molar-refractivity contribution in [2.45, 2.75) is 77.0 Å². The second-order valence-corrected chi connectivity index (χ2v) is 10.8. The molecule has 0 aromatic carbocycles. The predicted molar refractivity (Wildman–Crippen MR) is 107 cm³/mol. The topological polar surface area (TPSA) is 72.8 Å². The lowest BCUT2D eigenvalue weighted by atomic mass is 9.46. The van der Waals surface area contributed by atoms with E-state index >= 15 is 0 Å². The molecule has 0 unspecified atom stereocenters.